The van der Waals surface area contributed by atoms with Gasteiger partial charge < -0.3 is 111 Å². The smallest absolute Gasteiger partial charge is 0.326 e. The molecule has 14 amide bonds. The third kappa shape index (κ3) is 28.9. The van der Waals surface area contributed by atoms with E-state index in [4.69, 9.17) is 22.9 Å². The minimum absolute atomic E-state index is 0.00793. The maximum absolute atomic E-state index is 15.0. The molecule has 0 aliphatic carbocycles. The van der Waals surface area contributed by atoms with Gasteiger partial charge in [0.15, 0.2) is 0 Å². The SMILES string of the molecule is CCCC[C@H](NC(=O)[C@H](C)NC(=O)[C@H](CCC(N)=O)NC(=O)CNC(=O)[C@@H]1CCCN1C(=O)[C@H](CCCCN)NC(=O)[C@H](CC(C)C)NC(=O)[C@H](CCC(N)=O)NC(=O)[C@H](CC(C)C)NC(=O)[C@H](Cc1c[nH]c2ccccc12)NC(=O)[C@H](Cc1c[nH]cn1)NC(=O)[C@@H](N)Cc1c[nH]c2ccccc12)C(=O)N[C@@H](Cc1ccc(O)cc1)C(=O)O. The Morgan fingerprint density at radius 2 is 0.992 bits per heavy atom. The van der Waals surface area contributed by atoms with Crippen LogP contribution in [0.5, 0.6) is 5.75 Å². The van der Waals surface area contributed by atoms with Crippen molar-refractivity contribution in [2.75, 3.05) is 19.6 Å². The number of fused-ring (bicyclic) bond motifs is 2. The molecule has 24 N–H and O–H groups in total. The Morgan fingerprint density at radius 3 is 1.53 bits per heavy atom. The van der Waals surface area contributed by atoms with Gasteiger partial charge in [-0.3, -0.25) is 67.1 Å². The van der Waals surface area contributed by atoms with Crippen LogP contribution in [0.15, 0.2) is 97.7 Å². The Morgan fingerprint density at radius 1 is 0.517 bits per heavy atom. The van der Waals surface area contributed by atoms with E-state index in [2.05, 4.69) is 78.4 Å². The van der Waals surface area contributed by atoms with Gasteiger partial charge in [-0.25, -0.2) is 9.78 Å². The highest BCUT2D eigenvalue weighted by Crippen LogP contribution is 2.24. The number of hydrogen-bond donors (Lipinski definition) is 20. The van der Waals surface area contributed by atoms with Gasteiger partial charge in [-0.2, -0.15) is 0 Å². The van der Waals surface area contributed by atoms with E-state index in [-0.39, 0.29) is 101 Å². The number of carboxylic acids is 1. The predicted molar refractivity (Wildman–Crippen MR) is 435 cm³/mol. The van der Waals surface area contributed by atoms with Crippen LogP contribution in [-0.2, 0) is 97.6 Å². The van der Waals surface area contributed by atoms with Gasteiger partial charge in [0.05, 0.1) is 24.6 Å². The number of phenols is 1. The van der Waals surface area contributed by atoms with E-state index in [1.165, 1.54) is 42.4 Å². The van der Waals surface area contributed by atoms with Crippen LogP contribution in [0, 0.1) is 11.8 Å². The number of likely N-dealkylation sites (tertiary alicyclic amines) is 1. The van der Waals surface area contributed by atoms with Crippen molar-refractivity contribution in [1.82, 2.24) is 83.3 Å². The van der Waals surface area contributed by atoms with E-state index >= 15 is 4.79 Å². The molecule has 1 fully saturated rings. The number of rotatable bonds is 49. The molecule has 0 saturated carbocycles. The molecule has 0 radical (unpaired) electrons. The number of aromatic hydroxyl groups is 1. The summed E-state index contributed by atoms with van der Waals surface area (Å²) in [7, 11) is 0. The van der Waals surface area contributed by atoms with Gasteiger partial charge in [-0.15, -0.1) is 0 Å². The molecular formula is C81H114N20O17. The summed E-state index contributed by atoms with van der Waals surface area (Å²) in [6.45, 7) is 9.69. The molecule has 12 atom stereocenters. The first-order valence-electron chi connectivity index (χ1n) is 39.9. The molecular weight excluding hydrogens is 1530 g/mol. The van der Waals surface area contributed by atoms with E-state index < -0.39 is 181 Å². The topological polar surface area (TPSA) is 596 Å². The molecule has 1 saturated heterocycles. The summed E-state index contributed by atoms with van der Waals surface area (Å²) in [6.07, 6.45) is 6.65. The lowest BCUT2D eigenvalue weighted by molar-refractivity contribution is -0.142. The van der Waals surface area contributed by atoms with Crippen LogP contribution in [0.25, 0.3) is 21.8 Å². The highest BCUT2D eigenvalue weighted by molar-refractivity contribution is 6.00. The summed E-state index contributed by atoms with van der Waals surface area (Å²) in [4.78, 5) is 223. The Balaban J connectivity index is 1.01. The maximum Gasteiger partial charge on any atom is 0.326 e. The first kappa shape index (κ1) is 92.9. The van der Waals surface area contributed by atoms with Crippen molar-refractivity contribution in [2.45, 2.75) is 230 Å². The third-order valence-electron chi connectivity index (χ3n) is 20.2. The quantitative estimate of drug-likeness (QED) is 0.0218. The zero-order chi connectivity index (χ0) is 86.3. The van der Waals surface area contributed by atoms with Crippen LogP contribution < -0.4 is 81.4 Å². The molecule has 1 aliphatic heterocycles. The highest BCUT2D eigenvalue weighted by Gasteiger charge is 2.41. The molecule has 0 spiro atoms. The van der Waals surface area contributed by atoms with Crippen molar-refractivity contribution >= 4 is 110 Å². The molecule has 3 aromatic heterocycles. The van der Waals surface area contributed by atoms with Gasteiger partial charge >= 0.3 is 5.97 Å². The summed E-state index contributed by atoms with van der Waals surface area (Å²) < 4.78 is 0. The number of imidazole rings is 1. The number of primary amides is 2. The molecule has 1 aliphatic rings. The summed E-state index contributed by atoms with van der Waals surface area (Å²) in [5.41, 5.74) is 27.3. The van der Waals surface area contributed by atoms with Gasteiger partial charge in [0.1, 0.15) is 72.2 Å². The van der Waals surface area contributed by atoms with Crippen LogP contribution in [0.1, 0.15) is 154 Å². The fourth-order valence-electron chi connectivity index (χ4n) is 13.8. The first-order chi connectivity index (χ1) is 56.2. The fraction of sp³-hybridized carbons (Fsp3) is 0.506. The number of aromatic amines is 3. The lowest BCUT2D eigenvalue weighted by Gasteiger charge is -2.31. The largest absolute Gasteiger partial charge is 0.508 e. The fourth-order valence-corrected chi connectivity index (χ4v) is 13.8. The molecule has 4 heterocycles. The zero-order valence-electron chi connectivity index (χ0n) is 67.4. The zero-order valence-corrected chi connectivity index (χ0v) is 67.4. The van der Waals surface area contributed by atoms with Crippen LogP contribution >= 0.6 is 0 Å². The van der Waals surface area contributed by atoms with E-state index in [1.807, 2.05) is 49.4 Å². The monoisotopic (exact) mass is 1640 g/mol. The van der Waals surface area contributed by atoms with Crippen molar-refractivity contribution in [2.24, 2.45) is 34.8 Å². The number of aromatic nitrogens is 4. The van der Waals surface area contributed by atoms with Crippen LogP contribution in [0.4, 0.5) is 0 Å². The first-order valence-corrected chi connectivity index (χ1v) is 39.9. The number of nitrogens with two attached hydrogens (primary N) is 4. The number of H-pyrrole nitrogens is 3. The van der Waals surface area contributed by atoms with Crippen LogP contribution in [0.2, 0.25) is 0 Å². The van der Waals surface area contributed by atoms with E-state index in [9.17, 15) is 77.3 Å². The Kier molecular flexibility index (Phi) is 36.1. The van der Waals surface area contributed by atoms with E-state index in [1.54, 1.807) is 52.4 Å². The number of nitrogens with zero attached hydrogens (tertiary/aromatic N) is 2. The van der Waals surface area contributed by atoms with Gasteiger partial charge in [0.25, 0.3) is 0 Å². The second kappa shape index (κ2) is 45.9. The normalized spacial score (nSPS) is 15.4. The van der Waals surface area contributed by atoms with Crippen molar-refractivity contribution < 1.29 is 82.1 Å². The molecule has 118 heavy (non-hydrogen) atoms. The van der Waals surface area contributed by atoms with E-state index in [0.29, 0.717) is 48.9 Å². The third-order valence-corrected chi connectivity index (χ3v) is 20.2. The second-order valence-electron chi connectivity index (χ2n) is 30.7. The van der Waals surface area contributed by atoms with Gasteiger partial charge in [0, 0.05) is 79.0 Å². The molecule has 37 heteroatoms. The number of nitrogens with one attached hydrogen (secondary N) is 14. The van der Waals surface area contributed by atoms with Gasteiger partial charge in [0.2, 0.25) is 82.7 Å². The Hall–Kier alpha value is -12.3. The minimum Gasteiger partial charge on any atom is -0.508 e. The molecule has 640 valence electrons. The summed E-state index contributed by atoms with van der Waals surface area (Å²) in [6, 6.07) is 4.10. The summed E-state index contributed by atoms with van der Waals surface area (Å²) in [5, 5.41) is 50.2. The number of carboxylic acid groups (broad SMARTS) is 1. The summed E-state index contributed by atoms with van der Waals surface area (Å²) >= 11 is 0. The van der Waals surface area contributed by atoms with Crippen LogP contribution in [0.3, 0.4) is 0 Å². The molecule has 3 aromatic carbocycles. The number of carbonyl (C=O) groups excluding carboxylic acids is 14. The number of phenolic OH excluding ortho intramolecular Hbond substituents is 1. The van der Waals surface area contributed by atoms with Crippen molar-refractivity contribution in [3.63, 3.8) is 0 Å². The average molecular weight is 1640 g/mol. The average Bonchev–Trinajstić information content (AvgIpc) is 1.64. The van der Waals surface area contributed by atoms with E-state index in [0.717, 1.165) is 27.4 Å². The Labute approximate surface area is 682 Å². The van der Waals surface area contributed by atoms with Gasteiger partial charge in [-0.1, -0.05) is 96.0 Å². The number of para-hydroxylation sites is 2. The standard InChI is InChI=1S/C81H114N20O17/c1-7-8-18-57(73(109)100-65(81(117)118)35-47-23-25-51(102)26-24-47)93-70(106)46(6)91-72(108)58(27-29-67(84)103)92-69(105)42-89-79(115)66-22-15-32-101(66)80(116)60(21-13-14-31-82)95-76(112)62(34-45(4)5)97-74(110)59(28-30-68(85)104)94-75(111)61(33-44(2)3)98-77(113)63(37-49-40-88-56-20-12-10-17-53(49)56)99-78(114)64(38-50-41-86-43-90-50)96-71(107)54(83)36-48-39-87-55-19-11-9-16-52(48)55/h9-12,16-17,19-20,23-26,39-41,43-46,54,57-66,87-88,102H,7-8,13-15,18,21-22,27-38,42,82-83H2,1-6H3,(H2,84,103)(H2,85,104)(H,86,90)(H,89,115)(H,91,108)(H,92,105)(H,93,106)(H,94,111)(H,95,112)(H,96,107)(H,97,110)(H,98,113)(H,99,114)(H,100,109)(H,117,118)/t46-,54-,57-,58-,59-,60-,61-,62-,63-,64-,65-,66-/m0/s1. The molecule has 0 unspecified atom stereocenters. The number of carbonyl (C=O) groups is 15. The predicted octanol–water partition coefficient (Wildman–Crippen LogP) is -0.322. The van der Waals surface area contributed by atoms with Crippen molar-refractivity contribution in [3.05, 3.63) is 120 Å². The number of amides is 14. The minimum atomic E-state index is -1.58. The van der Waals surface area contributed by atoms with Crippen molar-refractivity contribution in [3.8, 4) is 5.75 Å². The number of unbranched alkanes of at least 4 members (excludes halogenated alkanes) is 2. The lowest BCUT2D eigenvalue weighted by Crippen LogP contribution is -2.61. The van der Waals surface area contributed by atoms with Crippen molar-refractivity contribution in [1.29, 1.82) is 0 Å². The summed E-state index contributed by atoms with van der Waals surface area (Å²) in [5.74, 6) is -13.7. The number of benzene rings is 3. The maximum atomic E-state index is 15.0. The molecule has 6 aromatic rings. The molecule has 7 rings (SSSR count). The number of hydrogen-bond acceptors (Lipinski definition) is 19. The molecule has 37 nitrogen and oxygen atoms in total. The Bertz CT molecular complexity index is 4450. The number of aliphatic carboxylic acids is 1. The molecule has 0 bridgehead atoms. The lowest BCUT2D eigenvalue weighted by atomic mass is 9.99. The van der Waals surface area contributed by atoms with Gasteiger partial charge in [-0.05, 0) is 137 Å². The second-order valence-corrected chi connectivity index (χ2v) is 30.7. The van der Waals surface area contributed by atoms with Crippen LogP contribution in [-0.4, -0.2) is 216 Å². The highest BCUT2D eigenvalue weighted by atomic mass is 16.4.